The molecule has 0 saturated carbocycles. The van der Waals surface area contributed by atoms with E-state index < -0.39 is 0 Å². The SMILES string of the molecule is CCOC(CCN1CCCCCC1C)OCC. The lowest BCUT2D eigenvalue weighted by atomic mass is 10.1. The third kappa shape index (κ3) is 5.84. The third-order valence-electron chi connectivity index (χ3n) is 3.55. The first-order valence-electron chi connectivity index (χ1n) is 7.25. The van der Waals surface area contributed by atoms with Crippen LogP contribution in [-0.2, 0) is 9.47 Å². The summed E-state index contributed by atoms with van der Waals surface area (Å²) in [5, 5.41) is 0. The van der Waals surface area contributed by atoms with Crippen LogP contribution in [0.2, 0.25) is 0 Å². The zero-order chi connectivity index (χ0) is 12.5. The lowest BCUT2D eigenvalue weighted by molar-refractivity contribution is -0.142. The van der Waals surface area contributed by atoms with Crippen LogP contribution in [0.25, 0.3) is 0 Å². The van der Waals surface area contributed by atoms with Crippen LogP contribution in [0, 0.1) is 0 Å². The van der Waals surface area contributed by atoms with Crippen molar-refractivity contribution in [1.82, 2.24) is 4.90 Å². The second-order valence-electron chi connectivity index (χ2n) is 4.86. The van der Waals surface area contributed by atoms with Crippen LogP contribution < -0.4 is 0 Å². The number of hydrogen-bond acceptors (Lipinski definition) is 3. The molecule has 0 aromatic heterocycles. The summed E-state index contributed by atoms with van der Waals surface area (Å²) < 4.78 is 11.2. The largest absolute Gasteiger partial charge is 0.353 e. The minimum atomic E-state index is -0.0135. The molecule has 3 heteroatoms. The summed E-state index contributed by atoms with van der Waals surface area (Å²) in [6, 6.07) is 0.724. The first kappa shape index (κ1) is 14.9. The highest BCUT2D eigenvalue weighted by Crippen LogP contribution is 2.17. The minimum Gasteiger partial charge on any atom is -0.353 e. The van der Waals surface area contributed by atoms with Crippen molar-refractivity contribution in [1.29, 1.82) is 0 Å². The molecular formula is C14H29NO2. The van der Waals surface area contributed by atoms with Gasteiger partial charge in [0.05, 0.1) is 0 Å². The molecule has 0 aliphatic carbocycles. The summed E-state index contributed by atoms with van der Waals surface area (Å²) in [4.78, 5) is 2.60. The van der Waals surface area contributed by atoms with Crippen molar-refractivity contribution < 1.29 is 9.47 Å². The zero-order valence-corrected chi connectivity index (χ0v) is 11.8. The van der Waals surface area contributed by atoms with Crippen LogP contribution in [-0.4, -0.2) is 43.5 Å². The summed E-state index contributed by atoms with van der Waals surface area (Å²) in [6.45, 7) is 10.2. The van der Waals surface area contributed by atoms with Gasteiger partial charge in [-0.3, -0.25) is 0 Å². The summed E-state index contributed by atoms with van der Waals surface area (Å²) in [5.41, 5.74) is 0. The molecule has 1 aliphatic heterocycles. The topological polar surface area (TPSA) is 21.7 Å². The standard InChI is InChI=1S/C14H29NO2/c1-4-16-14(17-5-2)10-12-15-11-8-6-7-9-13(15)3/h13-14H,4-12H2,1-3H3. The third-order valence-corrected chi connectivity index (χ3v) is 3.55. The molecule has 0 radical (unpaired) electrons. The van der Waals surface area contributed by atoms with Gasteiger partial charge in [0.2, 0.25) is 0 Å². The van der Waals surface area contributed by atoms with Crippen molar-refractivity contribution in [2.75, 3.05) is 26.3 Å². The fourth-order valence-electron chi connectivity index (χ4n) is 2.52. The van der Waals surface area contributed by atoms with Crippen molar-refractivity contribution in [3.63, 3.8) is 0 Å². The summed E-state index contributed by atoms with van der Waals surface area (Å²) in [6.07, 6.45) is 6.44. The van der Waals surface area contributed by atoms with E-state index in [4.69, 9.17) is 9.47 Å². The Hall–Kier alpha value is -0.120. The molecule has 0 N–H and O–H groups in total. The molecule has 0 bridgehead atoms. The normalized spacial score (nSPS) is 22.9. The fraction of sp³-hybridized carbons (Fsp3) is 1.00. The Morgan fingerprint density at radius 2 is 1.82 bits per heavy atom. The van der Waals surface area contributed by atoms with Gasteiger partial charge < -0.3 is 14.4 Å². The second-order valence-corrected chi connectivity index (χ2v) is 4.86. The van der Waals surface area contributed by atoms with Crippen LogP contribution >= 0.6 is 0 Å². The van der Waals surface area contributed by atoms with E-state index in [0.29, 0.717) is 0 Å². The van der Waals surface area contributed by atoms with Crippen molar-refractivity contribution in [2.45, 2.75) is 65.2 Å². The first-order chi connectivity index (χ1) is 8.27. The van der Waals surface area contributed by atoms with Gasteiger partial charge in [0.15, 0.2) is 6.29 Å². The highest BCUT2D eigenvalue weighted by atomic mass is 16.7. The lowest BCUT2D eigenvalue weighted by Crippen LogP contribution is -2.35. The van der Waals surface area contributed by atoms with Gasteiger partial charge >= 0.3 is 0 Å². The van der Waals surface area contributed by atoms with Crippen molar-refractivity contribution in [2.24, 2.45) is 0 Å². The maximum atomic E-state index is 5.59. The first-order valence-corrected chi connectivity index (χ1v) is 7.25. The van der Waals surface area contributed by atoms with E-state index in [1.54, 1.807) is 0 Å². The summed E-state index contributed by atoms with van der Waals surface area (Å²) in [7, 11) is 0. The molecule has 1 fully saturated rings. The van der Waals surface area contributed by atoms with Crippen LogP contribution in [0.5, 0.6) is 0 Å². The fourth-order valence-corrected chi connectivity index (χ4v) is 2.52. The van der Waals surface area contributed by atoms with Gasteiger partial charge in [-0.2, -0.15) is 0 Å². The van der Waals surface area contributed by atoms with Gasteiger partial charge in [-0.25, -0.2) is 0 Å². The van der Waals surface area contributed by atoms with E-state index in [0.717, 1.165) is 32.2 Å². The van der Waals surface area contributed by atoms with Crippen LogP contribution in [0.3, 0.4) is 0 Å². The van der Waals surface area contributed by atoms with Gasteiger partial charge in [-0.05, 0) is 40.2 Å². The van der Waals surface area contributed by atoms with E-state index >= 15 is 0 Å². The number of ether oxygens (including phenoxy) is 2. The Balaban J connectivity index is 2.29. The summed E-state index contributed by atoms with van der Waals surface area (Å²) >= 11 is 0. The average molecular weight is 243 g/mol. The Morgan fingerprint density at radius 3 is 2.47 bits per heavy atom. The van der Waals surface area contributed by atoms with Gasteiger partial charge in [-0.1, -0.05) is 12.8 Å². The molecule has 0 aromatic carbocycles. The maximum absolute atomic E-state index is 5.59. The second kappa shape index (κ2) is 8.90. The molecule has 3 nitrogen and oxygen atoms in total. The molecule has 1 aliphatic rings. The van der Waals surface area contributed by atoms with Gasteiger partial charge in [-0.15, -0.1) is 0 Å². The summed E-state index contributed by atoms with van der Waals surface area (Å²) in [5.74, 6) is 0. The molecule has 102 valence electrons. The molecule has 0 aromatic rings. The zero-order valence-electron chi connectivity index (χ0n) is 11.8. The smallest absolute Gasteiger partial charge is 0.158 e. The van der Waals surface area contributed by atoms with Gasteiger partial charge in [0, 0.05) is 32.2 Å². The van der Waals surface area contributed by atoms with Crippen LogP contribution in [0.1, 0.15) is 52.9 Å². The van der Waals surface area contributed by atoms with E-state index in [1.165, 1.54) is 32.2 Å². The Morgan fingerprint density at radius 1 is 1.12 bits per heavy atom. The lowest BCUT2D eigenvalue weighted by Gasteiger charge is -2.28. The molecule has 1 heterocycles. The van der Waals surface area contributed by atoms with Crippen LogP contribution in [0.4, 0.5) is 0 Å². The molecular weight excluding hydrogens is 214 g/mol. The van der Waals surface area contributed by atoms with E-state index in [-0.39, 0.29) is 6.29 Å². The molecule has 1 unspecified atom stereocenters. The molecule has 17 heavy (non-hydrogen) atoms. The van der Waals surface area contributed by atoms with E-state index in [2.05, 4.69) is 11.8 Å². The number of hydrogen-bond donors (Lipinski definition) is 0. The van der Waals surface area contributed by atoms with E-state index in [1.807, 2.05) is 13.8 Å². The monoisotopic (exact) mass is 243 g/mol. The van der Waals surface area contributed by atoms with Gasteiger partial charge in [0.25, 0.3) is 0 Å². The van der Waals surface area contributed by atoms with Crippen molar-refractivity contribution >= 4 is 0 Å². The maximum Gasteiger partial charge on any atom is 0.158 e. The number of likely N-dealkylation sites (tertiary alicyclic amines) is 1. The predicted molar refractivity (Wildman–Crippen MR) is 71.2 cm³/mol. The molecule has 0 spiro atoms. The number of rotatable bonds is 7. The highest BCUT2D eigenvalue weighted by Gasteiger charge is 2.18. The minimum absolute atomic E-state index is 0.0135. The quantitative estimate of drug-likeness (QED) is 0.642. The van der Waals surface area contributed by atoms with Crippen LogP contribution in [0.15, 0.2) is 0 Å². The Kier molecular flexibility index (Phi) is 7.82. The average Bonchev–Trinajstić information content (AvgIpc) is 2.52. The Bertz CT molecular complexity index is 181. The van der Waals surface area contributed by atoms with Crippen molar-refractivity contribution in [3.05, 3.63) is 0 Å². The number of nitrogens with zero attached hydrogens (tertiary/aromatic N) is 1. The Labute approximate surface area is 106 Å². The molecule has 1 saturated heterocycles. The van der Waals surface area contributed by atoms with E-state index in [9.17, 15) is 0 Å². The van der Waals surface area contributed by atoms with Crippen molar-refractivity contribution in [3.8, 4) is 0 Å². The molecule has 1 rings (SSSR count). The van der Waals surface area contributed by atoms with Gasteiger partial charge in [0.1, 0.15) is 0 Å². The predicted octanol–water partition coefficient (Wildman–Crippen LogP) is 3.04. The highest BCUT2D eigenvalue weighted by molar-refractivity contribution is 4.71. The molecule has 0 amide bonds. The molecule has 1 atom stereocenters.